The highest BCUT2D eigenvalue weighted by Crippen LogP contribution is 2.30. The largest absolute Gasteiger partial charge is 0.479 e. The second-order valence-electron chi connectivity index (χ2n) is 5.32. The first kappa shape index (κ1) is 14.3. The van der Waals surface area contributed by atoms with Crippen LogP contribution in [-0.4, -0.2) is 41.4 Å². The summed E-state index contributed by atoms with van der Waals surface area (Å²) in [5.74, 6) is -0.965. The molecule has 1 unspecified atom stereocenters. The molecule has 1 aromatic heterocycles. The number of hydrogen-bond acceptors (Lipinski definition) is 5. The van der Waals surface area contributed by atoms with Gasteiger partial charge in [-0.15, -0.1) is 0 Å². The second-order valence-corrected chi connectivity index (χ2v) is 5.32. The van der Waals surface area contributed by atoms with Crippen LogP contribution in [0.2, 0.25) is 0 Å². The second kappa shape index (κ2) is 5.62. The number of aromatic nitrogens is 1. The van der Waals surface area contributed by atoms with Crippen molar-refractivity contribution in [2.24, 2.45) is 0 Å². The summed E-state index contributed by atoms with van der Waals surface area (Å²) in [5, 5.41) is 19.2. The topological polar surface area (TPSA) is 86.5 Å². The highest BCUT2D eigenvalue weighted by Gasteiger charge is 2.31. The van der Waals surface area contributed by atoms with Crippen molar-refractivity contribution in [1.82, 2.24) is 4.98 Å². The Kier molecular flexibility index (Phi) is 3.65. The number of fused-ring (bicyclic) bond motifs is 1. The molecule has 0 aliphatic carbocycles. The molecule has 2 heterocycles. The van der Waals surface area contributed by atoms with Crippen molar-refractivity contribution in [3.63, 3.8) is 0 Å². The van der Waals surface area contributed by atoms with E-state index in [2.05, 4.69) is 11.1 Å². The summed E-state index contributed by atoms with van der Waals surface area (Å²) in [6, 6.07) is 9.41. The number of morpholine rings is 1. The lowest BCUT2D eigenvalue weighted by atomic mass is 10.1. The molecule has 2 atom stereocenters. The third-order valence-corrected chi connectivity index (χ3v) is 3.74. The molecule has 2 aromatic rings. The van der Waals surface area contributed by atoms with Crippen LogP contribution < -0.4 is 4.90 Å². The zero-order valence-electron chi connectivity index (χ0n) is 12.1. The van der Waals surface area contributed by atoms with Crippen molar-refractivity contribution in [2.75, 3.05) is 18.0 Å². The number of nitriles is 1. The van der Waals surface area contributed by atoms with Crippen molar-refractivity contribution >= 4 is 22.6 Å². The number of benzene rings is 1. The smallest absolute Gasteiger partial charge is 0.334 e. The summed E-state index contributed by atoms with van der Waals surface area (Å²) in [6.45, 7) is 2.72. The predicted octanol–water partition coefficient (Wildman–Crippen LogP) is 1.78. The maximum Gasteiger partial charge on any atom is 0.334 e. The van der Waals surface area contributed by atoms with E-state index >= 15 is 0 Å². The summed E-state index contributed by atoms with van der Waals surface area (Å²) < 4.78 is 5.45. The van der Waals surface area contributed by atoms with Gasteiger partial charge in [0, 0.05) is 23.8 Å². The molecule has 1 aliphatic heterocycles. The van der Waals surface area contributed by atoms with Gasteiger partial charge in [0.15, 0.2) is 6.10 Å². The molecule has 112 valence electrons. The van der Waals surface area contributed by atoms with Crippen LogP contribution in [0.5, 0.6) is 0 Å². The minimum absolute atomic E-state index is 0.183. The third-order valence-electron chi connectivity index (χ3n) is 3.74. The standard InChI is InChI=1S/C16H15N3O3/c1-10-8-19(9-14(22-10)16(20)21)13-5-4-11(7-17)15-12(13)3-2-6-18-15/h2-6,10,14H,8-9H2,1H3,(H,20,21)/t10-,14?/m1/s1. The van der Waals surface area contributed by atoms with E-state index in [0.29, 0.717) is 17.6 Å². The molecule has 1 saturated heterocycles. The van der Waals surface area contributed by atoms with Crippen LogP contribution >= 0.6 is 0 Å². The number of anilines is 1. The first-order chi connectivity index (χ1) is 10.6. The number of nitrogens with zero attached hydrogens (tertiary/aromatic N) is 3. The summed E-state index contributed by atoms with van der Waals surface area (Å²) in [4.78, 5) is 17.5. The summed E-state index contributed by atoms with van der Waals surface area (Å²) in [7, 11) is 0. The van der Waals surface area contributed by atoms with Crippen molar-refractivity contribution in [3.05, 3.63) is 36.0 Å². The van der Waals surface area contributed by atoms with Gasteiger partial charge in [0.2, 0.25) is 0 Å². The maximum atomic E-state index is 11.2. The van der Waals surface area contributed by atoms with E-state index < -0.39 is 12.1 Å². The van der Waals surface area contributed by atoms with Gasteiger partial charge in [-0.05, 0) is 31.2 Å². The molecule has 3 rings (SSSR count). The highest BCUT2D eigenvalue weighted by molar-refractivity contribution is 5.95. The molecule has 0 saturated carbocycles. The van der Waals surface area contributed by atoms with Crippen LogP contribution in [0, 0.1) is 11.3 Å². The van der Waals surface area contributed by atoms with E-state index in [1.807, 2.05) is 30.0 Å². The van der Waals surface area contributed by atoms with Gasteiger partial charge in [-0.1, -0.05) is 0 Å². The molecule has 6 nitrogen and oxygen atoms in total. The zero-order valence-corrected chi connectivity index (χ0v) is 12.1. The van der Waals surface area contributed by atoms with Gasteiger partial charge in [0.05, 0.1) is 23.7 Å². The molecule has 0 amide bonds. The molecule has 0 spiro atoms. The lowest BCUT2D eigenvalue weighted by Gasteiger charge is -2.37. The Morgan fingerprint density at radius 1 is 1.45 bits per heavy atom. The van der Waals surface area contributed by atoms with E-state index in [1.165, 1.54) is 0 Å². The first-order valence-corrected chi connectivity index (χ1v) is 7.01. The van der Waals surface area contributed by atoms with Crippen LogP contribution in [0.3, 0.4) is 0 Å². The van der Waals surface area contributed by atoms with Gasteiger partial charge in [-0.2, -0.15) is 5.26 Å². The fourth-order valence-corrected chi connectivity index (χ4v) is 2.81. The predicted molar refractivity (Wildman–Crippen MR) is 80.6 cm³/mol. The minimum Gasteiger partial charge on any atom is -0.479 e. The summed E-state index contributed by atoms with van der Waals surface area (Å²) in [5.41, 5.74) is 2.02. The fourth-order valence-electron chi connectivity index (χ4n) is 2.81. The Bertz CT molecular complexity index is 769. The van der Waals surface area contributed by atoms with Crippen LogP contribution in [0.1, 0.15) is 12.5 Å². The Labute approximate surface area is 127 Å². The average molecular weight is 297 g/mol. The van der Waals surface area contributed by atoms with E-state index in [1.54, 1.807) is 12.3 Å². The SMILES string of the molecule is C[C@@H]1CN(c2ccc(C#N)c3ncccc23)CC(C(=O)O)O1. The molecular formula is C16H15N3O3. The van der Waals surface area contributed by atoms with Crippen molar-refractivity contribution in [2.45, 2.75) is 19.1 Å². The molecule has 1 N–H and O–H groups in total. The van der Waals surface area contributed by atoms with Gasteiger partial charge in [-0.25, -0.2) is 4.79 Å². The first-order valence-electron chi connectivity index (χ1n) is 7.01. The molecule has 0 bridgehead atoms. The number of hydrogen-bond donors (Lipinski definition) is 1. The quantitative estimate of drug-likeness (QED) is 0.909. The van der Waals surface area contributed by atoms with Gasteiger partial charge in [0.1, 0.15) is 6.07 Å². The van der Waals surface area contributed by atoms with E-state index in [9.17, 15) is 15.2 Å². The number of carbonyl (C=O) groups is 1. The minimum atomic E-state index is -0.965. The average Bonchev–Trinajstić information content (AvgIpc) is 2.53. The Hall–Kier alpha value is -2.65. The third kappa shape index (κ3) is 2.47. The van der Waals surface area contributed by atoms with E-state index in [0.717, 1.165) is 11.1 Å². The van der Waals surface area contributed by atoms with Crippen LogP contribution in [-0.2, 0) is 9.53 Å². The Balaban J connectivity index is 2.07. The van der Waals surface area contributed by atoms with Gasteiger partial charge in [-0.3, -0.25) is 4.98 Å². The number of carboxylic acids is 1. The Morgan fingerprint density at radius 2 is 2.27 bits per heavy atom. The number of ether oxygens (including phenoxy) is 1. The Morgan fingerprint density at radius 3 is 3.00 bits per heavy atom. The normalized spacial score (nSPS) is 21.5. The maximum absolute atomic E-state index is 11.2. The van der Waals surface area contributed by atoms with Crippen molar-refractivity contribution in [1.29, 1.82) is 5.26 Å². The van der Waals surface area contributed by atoms with E-state index in [-0.39, 0.29) is 12.6 Å². The number of pyridine rings is 1. The highest BCUT2D eigenvalue weighted by atomic mass is 16.5. The molecule has 0 radical (unpaired) electrons. The van der Waals surface area contributed by atoms with Crippen molar-refractivity contribution in [3.8, 4) is 6.07 Å². The fraction of sp³-hybridized carbons (Fsp3) is 0.312. The van der Waals surface area contributed by atoms with Gasteiger partial charge in [0.25, 0.3) is 0 Å². The lowest BCUT2D eigenvalue weighted by Crippen LogP contribution is -2.49. The molecular weight excluding hydrogens is 282 g/mol. The van der Waals surface area contributed by atoms with Crippen LogP contribution in [0.15, 0.2) is 30.5 Å². The summed E-state index contributed by atoms with van der Waals surface area (Å²) in [6.07, 6.45) is 0.609. The van der Waals surface area contributed by atoms with E-state index in [4.69, 9.17) is 4.74 Å². The number of rotatable bonds is 2. The molecule has 1 fully saturated rings. The van der Waals surface area contributed by atoms with Crippen LogP contribution in [0.4, 0.5) is 5.69 Å². The van der Waals surface area contributed by atoms with Gasteiger partial charge >= 0.3 is 5.97 Å². The van der Waals surface area contributed by atoms with Gasteiger partial charge < -0.3 is 14.7 Å². The monoisotopic (exact) mass is 297 g/mol. The molecule has 1 aromatic carbocycles. The van der Waals surface area contributed by atoms with Crippen molar-refractivity contribution < 1.29 is 14.6 Å². The lowest BCUT2D eigenvalue weighted by molar-refractivity contribution is -0.154. The van der Waals surface area contributed by atoms with Crippen LogP contribution in [0.25, 0.3) is 10.9 Å². The molecule has 1 aliphatic rings. The zero-order chi connectivity index (χ0) is 15.7. The molecule has 6 heteroatoms. The molecule has 22 heavy (non-hydrogen) atoms. The summed E-state index contributed by atoms with van der Waals surface area (Å²) >= 11 is 0. The number of aliphatic carboxylic acids is 1. The number of carboxylic acid groups (broad SMARTS) is 1.